The predicted molar refractivity (Wildman–Crippen MR) is 109 cm³/mol. The van der Waals surface area contributed by atoms with E-state index in [0.717, 1.165) is 36.2 Å². The average molecular weight is 389 g/mol. The van der Waals surface area contributed by atoms with Gasteiger partial charge in [0.05, 0.1) is 16.8 Å². The Labute approximate surface area is 169 Å². The first kappa shape index (κ1) is 19.0. The molecule has 7 heteroatoms. The zero-order valence-corrected chi connectivity index (χ0v) is 16.3. The molecule has 0 fully saturated rings. The summed E-state index contributed by atoms with van der Waals surface area (Å²) in [6.07, 6.45) is 7.21. The molecule has 4 rings (SSSR count). The molecule has 1 aromatic carbocycles. The van der Waals surface area contributed by atoms with Gasteiger partial charge in [-0.15, -0.1) is 0 Å². The summed E-state index contributed by atoms with van der Waals surface area (Å²) in [5.41, 5.74) is 4.06. The lowest BCUT2D eigenvalue weighted by Gasteiger charge is -2.13. The van der Waals surface area contributed by atoms with Crippen molar-refractivity contribution >= 4 is 11.8 Å². The Bertz CT molecular complexity index is 994. The van der Waals surface area contributed by atoms with Crippen molar-refractivity contribution in [3.63, 3.8) is 0 Å². The Hall–Kier alpha value is -3.32. The van der Waals surface area contributed by atoms with Gasteiger partial charge in [-0.05, 0) is 43.7 Å². The monoisotopic (exact) mass is 389 g/mol. The second kappa shape index (κ2) is 8.36. The third-order valence-electron chi connectivity index (χ3n) is 5.02. The van der Waals surface area contributed by atoms with Crippen LogP contribution in [-0.4, -0.2) is 44.6 Å². The number of rotatable bonds is 8. The lowest BCUT2D eigenvalue weighted by Crippen LogP contribution is -2.31. The molecular weight excluding hydrogens is 366 g/mol. The van der Waals surface area contributed by atoms with E-state index in [1.807, 2.05) is 36.3 Å². The quantitative estimate of drug-likeness (QED) is 0.473. The summed E-state index contributed by atoms with van der Waals surface area (Å²) in [5.74, 6) is -0.370. The summed E-state index contributed by atoms with van der Waals surface area (Å²) >= 11 is 0. The van der Waals surface area contributed by atoms with Gasteiger partial charge in [0.2, 0.25) is 0 Å². The fraction of sp³-hybridized carbons (Fsp3) is 0.273. The predicted octanol–water partition coefficient (Wildman–Crippen LogP) is 2.65. The van der Waals surface area contributed by atoms with E-state index in [0.29, 0.717) is 24.2 Å². The summed E-state index contributed by atoms with van der Waals surface area (Å²) in [6.45, 7) is 1.94. The number of carbonyl (C=O) groups excluding carboxylic acids is 2. The van der Waals surface area contributed by atoms with Crippen LogP contribution in [0.2, 0.25) is 0 Å². The Morgan fingerprint density at radius 1 is 1.00 bits per heavy atom. The van der Waals surface area contributed by atoms with Crippen molar-refractivity contribution in [2.24, 2.45) is 7.05 Å². The summed E-state index contributed by atoms with van der Waals surface area (Å²) in [4.78, 5) is 30.2. The molecule has 0 aliphatic carbocycles. The van der Waals surface area contributed by atoms with Crippen LogP contribution >= 0.6 is 0 Å². The van der Waals surface area contributed by atoms with E-state index in [1.165, 1.54) is 4.90 Å². The number of hydrogen-bond donors (Lipinski definition) is 1. The maximum Gasteiger partial charge on any atom is 0.261 e. The standard InChI is InChI=1S/C22H23N5O2/c1-26-15-17(20(25-26)16-7-6-11-24-13-16)14-23-10-4-5-12-27-21(28)18-8-2-3-9-19(18)22(27)29/h2-3,6-9,11,13,15,23H,4-5,10,12,14H2,1H3. The van der Waals surface area contributed by atoms with Crippen LogP contribution in [0.4, 0.5) is 0 Å². The van der Waals surface area contributed by atoms with Gasteiger partial charge in [0, 0.05) is 49.9 Å². The SMILES string of the molecule is Cn1cc(CNCCCCN2C(=O)c3ccccc3C2=O)c(-c2cccnc2)n1. The molecule has 0 atom stereocenters. The number of pyridine rings is 1. The molecule has 0 saturated carbocycles. The second-order valence-corrected chi connectivity index (χ2v) is 7.11. The summed E-state index contributed by atoms with van der Waals surface area (Å²) < 4.78 is 1.81. The molecule has 1 N–H and O–H groups in total. The first-order chi connectivity index (χ1) is 14.1. The molecule has 1 aliphatic rings. The molecule has 0 bridgehead atoms. The molecular formula is C22H23N5O2. The fourth-order valence-electron chi connectivity index (χ4n) is 3.60. The normalized spacial score (nSPS) is 13.2. The van der Waals surface area contributed by atoms with E-state index in [2.05, 4.69) is 15.4 Å². The van der Waals surface area contributed by atoms with Gasteiger partial charge in [0.25, 0.3) is 11.8 Å². The summed E-state index contributed by atoms with van der Waals surface area (Å²) in [5, 5.41) is 7.97. The molecule has 3 aromatic rings. The number of nitrogens with zero attached hydrogens (tertiary/aromatic N) is 4. The molecule has 7 nitrogen and oxygen atoms in total. The minimum absolute atomic E-state index is 0.185. The number of hydrogen-bond acceptors (Lipinski definition) is 5. The molecule has 1 aliphatic heterocycles. The number of aromatic nitrogens is 3. The van der Waals surface area contributed by atoms with Gasteiger partial charge >= 0.3 is 0 Å². The van der Waals surface area contributed by atoms with Gasteiger partial charge in [0.1, 0.15) is 0 Å². The molecule has 3 heterocycles. The van der Waals surface area contributed by atoms with Gasteiger partial charge in [-0.2, -0.15) is 5.10 Å². The third-order valence-corrected chi connectivity index (χ3v) is 5.02. The van der Waals surface area contributed by atoms with Crippen molar-refractivity contribution in [1.29, 1.82) is 0 Å². The van der Waals surface area contributed by atoms with Crippen LogP contribution in [0.15, 0.2) is 55.0 Å². The Morgan fingerprint density at radius 2 is 1.76 bits per heavy atom. The van der Waals surface area contributed by atoms with E-state index in [-0.39, 0.29) is 11.8 Å². The highest BCUT2D eigenvalue weighted by molar-refractivity contribution is 6.21. The van der Waals surface area contributed by atoms with Crippen LogP contribution in [0.3, 0.4) is 0 Å². The topological polar surface area (TPSA) is 80.1 Å². The zero-order chi connectivity index (χ0) is 20.2. The average Bonchev–Trinajstić information content (AvgIpc) is 3.23. The van der Waals surface area contributed by atoms with Gasteiger partial charge in [-0.25, -0.2) is 0 Å². The Balaban J connectivity index is 1.25. The number of fused-ring (bicyclic) bond motifs is 1. The van der Waals surface area contributed by atoms with Crippen molar-refractivity contribution in [3.05, 3.63) is 71.7 Å². The molecule has 2 amide bonds. The lowest BCUT2D eigenvalue weighted by atomic mass is 10.1. The van der Waals surface area contributed by atoms with Crippen LogP contribution < -0.4 is 5.32 Å². The molecule has 2 aromatic heterocycles. The lowest BCUT2D eigenvalue weighted by molar-refractivity contribution is 0.0651. The van der Waals surface area contributed by atoms with E-state index in [4.69, 9.17) is 0 Å². The van der Waals surface area contributed by atoms with Crippen LogP contribution in [0, 0.1) is 0 Å². The van der Waals surface area contributed by atoms with Gasteiger partial charge < -0.3 is 5.32 Å². The Morgan fingerprint density at radius 3 is 2.45 bits per heavy atom. The van der Waals surface area contributed by atoms with Crippen LogP contribution in [-0.2, 0) is 13.6 Å². The number of amides is 2. The molecule has 148 valence electrons. The third kappa shape index (κ3) is 3.95. The maximum absolute atomic E-state index is 12.4. The molecule has 0 radical (unpaired) electrons. The number of nitrogens with one attached hydrogen (secondary N) is 1. The highest BCUT2D eigenvalue weighted by Gasteiger charge is 2.34. The molecule has 0 spiro atoms. The number of benzene rings is 1. The Kier molecular flexibility index (Phi) is 5.48. The minimum Gasteiger partial charge on any atom is -0.313 e. The number of carbonyl (C=O) groups is 2. The van der Waals surface area contributed by atoms with Crippen LogP contribution in [0.5, 0.6) is 0 Å². The van der Waals surface area contributed by atoms with Gasteiger partial charge in [-0.3, -0.25) is 24.2 Å². The second-order valence-electron chi connectivity index (χ2n) is 7.11. The molecule has 29 heavy (non-hydrogen) atoms. The number of imide groups is 1. The fourth-order valence-corrected chi connectivity index (χ4v) is 3.60. The summed E-state index contributed by atoms with van der Waals surface area (Å²) in [7, 11) is 1.91. The molecule has 0 unspecified atom stereocenters. The van der Waals surface area contributed by atoms with Crippen molar-refractivity contribution in [3.8, 4) is 11.3 Å². The molecule has 0 saturated heterocycles. The van der Waals surface area contributed by atoms with E-state index >= 15 is 0 Å². The van der Waals surface area contributed by atoms with Gasteiger partial charge in [-0.1, -0.05) is 12.1 Å². The van der Waals surface area contributed by atoms with E-state index < -0.39 is 0 Å². The van der Waals surface area contributed by atoms with Gasteiger partial charge in [0.15, 0.2) is 0 Å². The van der Waals surface area contributed by atoms with Crippen molar-refractivity contribution in [2.75, 3.05) is 13.1 Å². The number of unbranched alkanes of at least 4 members (excludes halogenated alkanes) is 1. The minimum atomic E-state index is -0.185. The first-order valence-corrected chi connectivity index (χ1v) is 9.74. The summed E-state index contributed by atoms with van der Waals surface area (Å²) in [6, 6.07) is 10.9. The highest BCUT2D eigenvalue weighted by Crippen LogP contribution is 2.23. The van der Waals surface area contributed by atoms with E-state index in [1.54, 1.807) is 30.5 Å². The maximum atomic E-state index is 12.4. The van der Waals surface area contributed by atoms with Crippen molar-refractivity contribution < 1.29 is 9.59 Å². The first-order valence-electron chi connectivity index (χ1n) is 9.74. The number of aryl methyl sites for hydroxylation is 1. The largest absolute Gasteiger partial charge is 0.313 e. The van der Waals surface area contributed by atoms with Crippen molar-refractivity contribution in [1.82, 2.24) is 25.0 Å². The van der Waals surface area contributed by atoms with E-state index in [9.17, 15) is 9.59 Å². The van der Waals surface area contributed by atoms with Crippen LogP contribution in [0.1, 0.15) is 39.1 Å². The van der Waals surface area contributed by atoms with Crippen LogP contribution in [0.25, 0.3) is 11.3 Å². The van der Waals surface area contributed by atoms with Crippen molar-refractivity contribution in [2.45, 2.75) is 19.4 Å². The zero-order valence-electron chi connectivity index (χ0n) is 16.3. The smallest absolute Gasteiger partial charge is 0.261 e. The highest BCUT2D eigenvalue weighted by atomic mass is 16.2.